The standard InChI is InChI=1S/C17H13BrN2O2/c18-12-7-5-11(6-8-12)9-16(21)20-10-14(17(19)22)13-3-1-2-4-15(13)20/h1-8,10H,9H2,(H2,19,22). The number of hydrogen-bond donors (Lipinski definition) is 1. The predicted molar refractivity (Wildman–Crippen MR) is 88.9 cm³/mol. The Labute approximate surface area is 135 Å². The van der Waals surface area contributed by atoms with Crippen LogP contribution in [-0.2, 0) is 6.42 Å². The van der Waals surface area contributed by atoms with Crippen LogP contribution in [0.25, 0.3) is 10.9 Å². The fourth-order valence-corrected chi connectivity index (χ4v) is 2.71. The zero-order valence-corrected chi connectivity index (χ0v) is 13.2. The molecule has 0 saturated carbocycles. The summed E-state index contributed by atoms with van der Waals surface area (Å²) < 4.78 is 2.46. The van der Waals surface area contributed by atoms with Crippen molar-refractivity contribution in [3.63, 3.8) is 0 Å². The highest BCUT2D eigenvalue weighted by Gasteiger charge is 2.16. The smallest absolute Gasteiger partial charge is 0.250 e. The topological polar surface area (TPSA) is 65.1 Å². The lowest BCUT2D eigenvalue weighted by Gasteiger charge is -2.04. The molecule has 0 aliphatic carbocycles. The summed E-state index contributed by atoms with van der Waals surface area (Å²) in [5.74, 6) is -0.641. The number of nitrogens with two attached hydrogens (primary N) is 1. The van der Waals surface area contributed by atoms with Crippen LogP contribution in [0.4, 0.5) is 0 Å². The highest BCUT2D eigenvalue weighted by molar-refractivity contribution is 9.10. The summed E-state index contributed by atoms with van der Waals surface area (Å²) in [4.78, 5) is 24.1. The van der Waals surface area contributed by atoms with Crippen molar-refractivity contribution in [2.45, 2.75) is 6.42 Å². The maximum Gasteiger partial charge on any atom is 0.250 e. The molecule has 1 heterocycles. The third-order valence-corrected chi connectivity index (χ3v) is 4.04. The third-order valence-electron chi connectivity index (χ3n) is 3.51. The first-order valence-electron chi connectivity index (χ1n) is 6.74. The molecule has 2 N–H and O–H groups in total. The number of carbonyl (C=O) groups is 2. The molecular formula is C17H13BrN2O2. The first-order chi connectivity index (χ1) is 10.6. The lowest BCUT2D eigenvalue weighted by Crippen LogP contribution is -2.13. The normalized spacial score (nSPS) is 10.8. The molecule has 1 aromatic heterocycles. The first-order valence-corrected chi connectivity index (χ1v) is 7.53. The summed E-state index contributed by atoms with van der Waals surface area (Å²) in [6.07, 6.45) is 1.78. The molecule has 5 heteroatoms. The van der Waals surface area contributed by atoms with E-state index in [1.807, 2.05) is 36.4 Å². The molecule has 0 bridgehead atoms. The molecular weight excluding hydrogens is 344 g/mol. The van der Waals surface area contributed by atoms with Crippen LogP contribution < -0.4 is 5.73 Å². The number of fused-ring (bicyclic) bond motifs is 1. The molecule has 0 radical (unpaired) electrons. The van der Waals surface area contributed by atoms with Gasteiger partial charge in [-0.05, 0) is 23.8 Å². The van der Waals surface area contributed by atoms with Gasteiger partial charge < -0.3 is 5.73 Å². The molecule has 2 aromatic carbocycles. The second-order valence-electron chi connectivity index (χ2n) is 4.99. The van der Waals surface area contributed by atoms with E-state index in [9.17, 15) is 9.59 Å². The van der Waals surface area contributed by atoms with Gasteiger partial charge in [0.2, 0.25) is 5.91 Å². The van der Waals surface area contributed by atoms with E-state index < -0.39 is 5.91 Å². The second-order valence-corrected chi connectivity index (χ2v) is 5.91. The summed E-state index contributed by atoms with van der Waals surface area (Å²) in [5, 5.41) is 0.694. The molecule has 0 aliphatic rings. The zero-order valence-electron chi connectivity index (χ0n) is 11.6. The lowest BCUT2D eigenvalue weighted by molar-refractivity contribution is 0.0919. The molecule has 0 fully saturated rings. The number of aromatic nitrogens is 1. The van der Waals surface area contributed by atoms with E-state index in [1.165, 1.54) is 10.8 Å². The van der Waals surface area contributed by atoms with Gasteiger partial charge in [-0.1, -0.05) is 46.3 Å². The molecule has 3 rings (SSSR count). The van der Waals surface area contributed by atoms with E-state index in [0.29, 0.717) is 16.5 Å². The van der Waals surface area contributed by atoms with Gasteiger partial charge in [0.25, 0.3) is 5.91 Å². The third kappa shape index (κ3) is 2.67. The van der Waals surface area contributed by atoms with Gasteiger partial charge in [0.05, 0.1) is 17.5 Å². The van der Waals surface area contributed by atoms with Crippen LogP contribution in [0.1, 0.15) is 20.7 Å². The number of rotatable bonds is 3. The van der Waals surface area contributed by atoms with Gasteiger partial charge in [-0.25, -0.2) is 0 Å². The van der Waals surface area contributed by atoms with Crippen LogP contribution in [0.2, 0.25) is 0 Å². The largest absolute Gasteiger partial charge is 0.366 e. The fraction of sp³-hybridized carbons (Fsp3) is 0.0588. The van der Waals surface area contributed by atoms with Crippen molar-refractivity contribution >= 4 is 38.6 Å². The quantitative estimate of drug-likeness (QED) is 0.781. The summed E-state index contributed by atoms with van der Waals surface area (Å²) in [7, 11) is 0. The molecule has 3 aromatic rings. The van der Waals surface area contributed by atoms with Crippen LogP contribution in [0.3, 0.4) is 0 Å². The Hall–Kier alpha value is -2.40. The molecule has 22 heavy (non-hydrogen) atoms. The number of carbonyl (C=O) groups excluding carboxylic acids is 2. The molecule has 110 valence electrons. The van der Waals surface area contributed by atoms with Gasteiger partial charge in [-0.3, -0.25) is 14.2 Å². The van der Waals surface area contributed by atoms with Gasteiger partial charge >= 0.3 is 0 Å². The van der Waals surface area contributed by atoms with Crippen LogP contribution in [0.5, 0.6) is 0 Å². The number of primary amides is 1. The number of halogens is 1. The maximum absolute atomic E-state index is 12.5. The Balaban J connectivity index is 2.00. The van der Waals surface area contributed by atoms with Gasteiger partial charge in [0, 0.05) is 16.1 Å². The monoisotopic (exact) mass is 356 g/mol. The molecule has 0 aliphatic heterocycles. The van der Waals surface area contributed by atoms with Crippen molar-refractivity contribution in [3.05, 3.63) is 70.3 Å². The molecule has 0 spiro atoms. The number of benzene rings is 2. The van der Waals surface area contributed by atoms with E-state index >= 15 is 0 Å². The van der Waals surface area contributed by atoms with Crippen molar-refractivity contribution in [3.8, 4) is 0 Å². The Morgan fingerprint density at radius 3 is 2.41 bits per heavy atom. The average molecular weight is 357 g/mol. The van der Waals surface area contributed by atoms with E-state index in [0.717, 1.165) is 10.0 Å². The fourth-order valence-electron chi connectivity index (χ4n) is 2.44. The van der Waals surface area contributed by atoms with Gasteiger partial charge in [-0.2, -0.15) is 0 Å². The van der Waals surface area contributed by atoms with Crippen molar-refractivity contribution < 1.29 is 9.59 Å². The average Bonchev–Trinajstić information content (AvgIpc) is 2.89. The Morgan fingerprint density at radius 1 is 1.05 bits per heavy atom. The van der Waals surface area contributed by atoms with Crippen molar-refractivity contribution in [1.82, 2.24) is 4.57 Å². The SMILES string of the molecule is NC(=O)c1cn(C(=O)Cc2ccc(Br)cc2)c2ccccc12. The maximum atomic E-state index is 12.5. The Morgan fingerprint density at radius 2 is 1.73 bits per heavy atom. The minimum absolute atomic E-state index is 0.106. The van der Waals surface area contributed by atoms with Crippen LogP contribution in [0.15, 0.2) is 59.2 Å². The minimum Gasteiger partial charge on any atom is -0.366 e. The highest BCUT2D eigenvalue weighted by Crippen LogP contribution is 2.21. The summed E-state index contributed by atoms with van der Waals surface area (Å²) in [6, 6.07) is 14.8. The number of amides is 1. The molecule has 4 nitrogen and oxygen atoms in total. The van der Waals surface area contributed by atoms with Gasteiger partial charge in [-0.15, -0.1) is 0 Å². The Bertz CT molecular complexity index is 866. The van der Waals surface area contributed by atoms with Crippen LogP contribution >= 0.6 is 15.9 Å². The predicted octanol–water partition coefficient (Wildman–Crippen LogP) is 3.39. The van der Waals surface area contributed by atoms with E-state index in [-0.39, 0.29) is 12.3 Å². The number of para-hydroxylation sites is 1. The summed E-state index contributed by atoms with van der Waals surface area (Å²) in [5.41, 5.74) is 7.36. The second kappa shape index (κ2) is 5.77. The first kappa shape index (κ1) is 14.5. The van der Waals surface area contributed by atoms with Gasteiger partial charge in [0.15, 0.2) is 0 Å². The summed E-state index contributed by atoms with van der Waals surface area (Å²) in [6.45, 7) is 0. The van der Waals surface area contributed by atoms with E-state index in [2.05, 4.69) is 15.9 Å². The Kier molecular flexibility index (Phi) is 3.81. The lowest BCUT2D eigenvalue weighted by atomic mass is 10.1. The molecule has 1 amide bonds. The molecule has 0 atom stereocenters. The minimum atomic E-state index is -0.536. The van der Waals surface area contributed by atoms with E-state index in [1.54, 1.807) is 12.1 Å². The van der Waals surface area contributed by atoms with Crippen molar-refractivity contribution in [2.24, 2.45) is 5.73 Å². The molecule has 0 saturated heterocycles. The number of nitrogens with zero attached hydrogens (tertiary/aromatic N) is 1. The van der Waals surface area contributed by atoms with Crippen LogP contribution in [-0.4, -0.2) is 16.4 Å². The molecule has 0 unspecified atom stereocenters. The number of hydrogen-bond acceptors (Lipinski definition) is 2. The summed E-state index contributed by atoms with van der Waals surface area (Å²) >= 11 is 3.37. The highest BCUT2D eigenvalue weighted by atomic mass is 79.9. The van der Waals surface area contributed by atoms with Gasteiger partial charge in [0.1, 0.15) is 0 Å². The van der Waals surface area contributed by atoms with Crippen molar-refractivity contribution in [2.75, 3.05) is 0 Å². The van der Waals surface area contributed by atoms with E-state index in [4.69, 9.17) is 5.73 Å². The van der Waals surface area contributed by atoms with Crippen LogP contribution in [0, 0.1) is 0 Å². The van der Waals surface area contributed by atoms with Crippen molar-refractivity contribution in [1.29, 1.82) is 0 Å². The zero-order chi connectivity index (χ0) is 15.7.